The molecule has 5 nitrogen and oxygen atoms in total. The van der Waals surface area contributed by atoms with E-state index in [1.165, 1.54) is 11.3 Å². The number of methoxy groups -OCH3 is 1. The number of thiazole rings is 1. The Balaban J connectivity index is 1.57. The van der Waals surface area contributed by atoms with Gasteiger partial charge >= 0.3 is 0 Å². The van der Waals surface area contributed by atoms with Gasteiger partial charge in [0.25, 0.3) is 5.91 Å². The largest absolute Gasteiger partial charge is 0.497 e. The van der Waals surface area contributed by atoms with E-state index in [-0.39, 0.29) is 11.9 Å². The number of benzene rings is 2. The lowest BCUT2D eigenvalue weighted by molar-refractivity contribution is 0.0938. The van der Waals surface area contributed by atoms with Crippen LogP contribution in [0.1, 0.15) is 27.8 Å². The van der Waals surface area contributed by atoms with Crippen molar-refractivity contribution in [3.05, 3.63) is 101 Å². The van der Waals surface area contributed by atoms with Gasteiger partial charge in [-0.1, -0.05) is 36.4 Å². The lowest BCUT2D eigenvalue weighted by Crippen LogP contribution is -2.30. The molecule has 2 aromatic heterocycles. The van der Waals surface area contributed by atoms with Gasteiger partial charge in [-0.2, -0.15) is 0 Å². The lowest BCUT2D eigenvalue weighted by Gasteiger charge is -2.18. The number of carbonyl (C=O) groups excluding carboxylic acids is 1. The monoisotopic (exact) mass is 401 g/mol. The number of rotatable bonds is 6. The fourth-order valence-corrected chi connectivity index (χ4v) is 3.78. The van der Waals surface area contributed by atoms with Gasteiger partial charge in [-0.05, 0) is 42.0 Å². The van der Waals surface area contributed by atoms with E-state index in [2.05, 4.69) is 15.3 Å². The van der Waals surface area contributed by atoms with Crippen molar-refractivity contribution in [2.24, 2.45) is 0 Å². The molecule has 0 radical (unpaired) electrons. The highest BCUT2D eigenvalue weighted by Crippen LogP contribution is 2.26. The normalized spacial score (nSPS) is 11.6. The topological polar surface area (TPSA) is 64.1 Å². The van der Waals surface area contributed by atoms with Crippen LogP contribution in [0.25, 0.3) is 10.6 Å². The molecule has 0 aliphatic carbocycles. The predicted octanol–water partition coefficient (Wildman–Crippen LogP) is 4.73. The highest BCUT2D eigenvalue weighted by Gasteiger charge is 2.20. The Kier molecular flexibility index (Phi) is 5.63. The Morgan fingerprint density at radius 3 is 2.45 bits per heavy atom. The average Bonchev–Trinajstić information content (AvgIpc) is 3.29. The van der Waals surface area contributed by atoms with Gasteiger partial charge in [0, 0.05) is 17.1 Å². The zero-order chi connectivity index (χ0) is 20.1. The summed E-state index contributed by atoms with van der Waals surface area (Å²) in [5, 5.41) is 5.63. The Hall–Kier alpha value is -3.51. The summed E-state index contributed by atoms with van der Waals surface area (Å²) in [6, 6.07) is 22.7. The van der Waals surface area contributed by atoms with E-state index >= 15 is 0 Å². The van der Waals surface area contributed by atoms with Crippen LogP contribution in [0, 0.1) is 0 Å². The summed E-state index contributed by atoms with van der Waals surface area (Å²) >= 11 is 1.43. The molecular formula is C23H19N3O2S. The van der Waals surface area contributed by atoms with Crippen LogP contribution in [0.15, 0.2) is 84.4 Å². The molecule has 1 N–H and O–H groups in total. The smallest absolute Gasteiger partial charge is 0.271 e. The second-order valence-corrected chi connectivity index (χ2v) is 7.20. The quantitative estimate of drug-likeness (QED) is 0.507. The van der Waals surface area contributed by atoms with Gasteiger partial charge in [0.1, 0.15) is 16.5 Å². The van der Waals surface area contributed by atoms with Crippen molar-refractivity contribution in [3.8, 4) is 16.3 Å². The number of hydrogen-bond donors (Lipinski definition) is 1. The Morgan fingerprint density at radius 2 is 1.76 bits per heavy atom. The van der Waals surface area contributed by atoms with E-state index in [0.717, 1.165) is 27.6 Å². The molecular weight excluding hydrogens is 382 g/mol. The lowest BCUT2D eigenvalue weighted by atomic mass is 10.0. The van der Waals surface area contributed by atoms with Crippen molar-refractivity contribution >= 4 is 17.2 Å². The standard InChI is InChI=1S/C23H19N3O2S/c1-28-18-12-10-17(11-13-18)23-25-20(15-29-23)22(27)26-21(16-7-3-2-4-8-16)19-9-5-6-14-24-19/h2-15,21H,1H3,(H,26,27). The first-order valence-electron chi connectivity index (χ1n) is 9.11. The molecule has 2 heterocycles. The van der Waals surface area contributed by atoms with Gasteiger partial charge in [0.2, 0.25) is 0 Å². The third-order valence-electron chi connectivity index (χ3n) is 4.47. The molecule has 2 aromatic carbocycles. The first kappa shape index (κ1) is 18.8. The van der Waals surface area contributed by atoms with Crippen LogP contribution < -0.4 is 10.1 Å². The molecule has 4 aromatic rings. The van der Waals surface area contributed by atoms with E-state index in [9.17, 15) is 4.79 Å². The molecule has 4 rings (SSSR count). The molecule has 6 heteroatoms. The van der Waals surface area contributed by atoms with Crippen LogP contribution >= 0.6 is 11.3 Å². The molecule has 144 valence electrons. The summed E-state index contributed by atoms with van der Waals surface area (Å²) in [7, 11) is 1.63. The number of ether oxygens (including phenoxy) is 1. The van der Waals surface area contributed by atoms with E-state index in [4.69, 9.17) is 4.74 Å². The summed E-state index contributed by atoms with van der Waals surface area (Å²) in [4.78, 5) is 21.9. The van der Waals surface area contributed by atoms with Gasteiger partial charge in [0.05, 0.1) is 18.8 Å². The van der Waals surface area contributed by atoms with Gasteiger partial charge in [0.15, 0.2) is 0 Å². The summed E-state index contributed by atoms with van der Waals surface area (Å²) in [6.07, 6.45) is 1.72. The van der Waals surface area contributed by atoms with Gasteiger partial charge < -0.3 is 10.1 Å². The maximum atomic E-state index is 12.9. The Bertz CT molecular complexity index is 1040. The SMILES string of the molecule is COc1ccc(-c2nc(C(=O)NC(c3ccccc3)c3ccccn3)cs2)cc1. The first-order chi connectivity index (χ1) is 14.2. The van der Waals surface area contributed by atoms with Crippen LogP contribution in [0.5, 0.6) is 5.75 Å². The number of pyridine rings is 1. The van der Waals surface area contributed by atoms with Crippen LogP contribution in [0.4, 0.5) is 0 Å². The molecule has 1 unspecified atom stereocenters. The summed E-state index contributed by atoms with van der Waals surface area (Å²) in [5.74, 6) is 0.546. The zero-order valence-corrected chi connectivity index (χ0v) is 16.6. The van der Waals surface area contributed by atoms with Gasteiger partial charge in [-0.25, -0.2) is 4.98 Å². The van der Waals surface area contributed by atoms with Gasteiger partial charge in [-0.3, -0.25) is 9.78 Å². The molecule has 0 aliphatic heterocycles. The van der Waals surface area contributed by atoms with E-state index in [1.54, 1.807) is 18.7 Å². The van der Waals surface area contributed by atoms with E-state index in [1.807, 2.05) is 72.8 Å². The molecule has 1 amide bonds. The summed E-state index contributed by atoms with van der Waals surface area (Å²) in [6.45, 7) is 0. The van der Waals surface area contributed by atoms with Crippen LogP contribution in [-0.4, -0.2) is 23.0 Å². The van der Waals surface area contributed by atoms with Crippen molar-refractivity contribution in [3.63, 3.8) is 0 Å². The van der Waals surface area contributed by atoms with Crippen LogP contribution in [0.3, 0.4) is 0 Å². The first-order valence-corrected chi connectivity index (χ1v) is 9.99. The maximum Gasteiger partial charge on any atom is 0.271 e. The maximum absolute atomic E-state index is 12.9. The molecule has 0 fully saturated rings. The summed E-state index contributed by atoms with van der Waals surface area (Å²) < 4.78 is 5.19. The van der Waals surface area contributed by atoms with Crippen molar-refractivity contribution in [2.45, 2.75) is 6.04 Å². The fourth-order valence-electron chi connectivity index (χ4n) is 2.97. The fraction of sp³-hybridized carbons (Fsp3) is 0.0870. The average molecular weight is 401 g/mol. The Labute approximate surface area is 173 Å². The number of carbonyl (C=O) groups is 1. The molecule has 0 saturated carbocycles. The molecule has 0 bridgehead atoms. The number of amides is 1. The second-order valence-electron chi connectivity index (χ2n) is 6.34. The number of aromatic nitrogens is 2. The number of nitrogens with one attached hydrogen (secondary N) is 1. The molecule has 0 saturated heterocycles. The molecule has 0 aliphatic rings. The summed E-state index contributed by atoms with van der Waals surface area (Å²) in [5.41, 5.74) is 3.07. The minimum atomic E-state index is -0.351. The third kappa shape index (κ3) is 4.33. The third-order valence-corrected chi connectivity index (χ3v) is 5.36. The van der Waals surface area contributed by atoms with Crippen LogP contribution in [-0.2, 0) is 0 Å². The zero-order valence-electron chi connectivity index (χ0n) is 15.8. The highest BCUT2D eigenvalue weighted by atomic mass is 32.1. The molecule has 1 atom stereocenters. The number of hydrogen-bond acceptors (Lipinski definition) is 5. The minimum Gasteiger partial charge on any atom is -0.497 e. The Morgan fingerprint density at radius 1 is 1.00 bits per heavy atom. The van der Waals surface area contributed by atoms with Gasteiger partial charge in [-0.15, -0.1) is 11.3 Å². The molecule has 29 heavy (non-hydrogen) atoms. The second kappa shape index (κ2) is 8.67. The van der Waals surface area contributed by atoms with Crippen LogP contribution in [0.2, 0.25) is 0 Å². The highest BCUT2D eigenvalue weighted by molar-refractivity contribution is 7.13. The van der Waals surface area contributed by atoms with Crippen molar-refractivity contribution in [1.29, 1.82) is 0 Å². The molecule has 0 spiro atoms. The van der Waals surface area contributed by atoms with Crippen molar-refractivity contribution in [1.82, 2.24) is 15.3 Å². The van der Waals surface area contributed by atoms with Crippen molar-refractivity contribution < 1.29 is 9.53 Å². The van der Waals surface area contributed by atoms with Crippen molar-refractivity contribution in [2.75, 3.05) is 7.11 Å². The number of nitrogens with zero attached hydrogens (tertiary/aromatic N) is 2. The van der Waals surface area contributed by atoms with E-state index in [0.29, 0.717) is 5.69 Å². The minimum absolute atomic E-state index is 0.236. The predicted molar refractivity (Wildman–Crippen MR) is 114 cm³/mol. The van der Waals surface area contributed by atoms with E-state index < -0.39 is 0 Å².